The van der Waals surface area contributed by atoms with Gasteiger partial charge in [0.1, 0.15) is 0 Å². The summed E-state index contributed by atoms with van der Waals surface area (Å²) in [5, 5.41) is 9.27. The fourth-order valence-corrected chi connectivity index (χ4v) is 1.15. The van der Waals surface area contributed by atoms with Gasteiger partial charge in [0, 0.05) is 0 Å². The van der Waals surface area contributed by atoms with Gasteiger partial charge in [0.05, 0.1) is 18.0 Å². The Balaban J connectivity index is 2.77. The Labute approximate surface area is 84.0 Å². The minimum absolute atomic E-state index is 0.00778. The van der Waals surface area contributed by atoms with Crippen molar-refractivity contribution in [2.75, 3.05) is 5.73 Å². The van der Waals surface area contributed by atoms with Gasteiger partial charge in [-0.05, 0) is 6.92 Å². The fourth-order valence-electron chi connectivity index (χ4n) is 1.15. The number of rotatable bonds is 1. The topological polar surface area (TPSA) is 118 Å². The Morgan fingerprint density at radius 1 is 1.53 bits per heavy atom. The normalized spacial score (nSPS) is 12.9. The van der Waals surface area contributed by atoms with Crippen LogP contribution in [0.25, 0.3) is 11.2 Å². The quantitative estimate of drug-likeness (QED) is 0.571. The predicted octanol–water partition coefficient (Wildman–Crippen LogP) is -0.651. The first-order valence-electron chi connectivity index (χ1n) is 4.28. The van der Waals surface area contributed by atoms with E-state index < -0.39 is 11.7 Å². The lowest BCUT2D eigenvalue weighted by Gasteiger charge is -2.03. The number of anilines is 1. The van der Waals surface area contributed by atoms with Crippen molar-refractivity contribution in [1.82, 2.24) is 19.9 Å². The van der Waals surface area contributed by atoms with Crippen LogP contribution in [0.4, 0.5) is 5.95 Å². The molecule has 7 heteroatoms. The molecule has 0 aromatic carbocycles. The summed E-state index contributed by atoms with van der Waals surface area (Å²) >= 11 is 0. The molecule has 2 aromatic rings. The smallest absolute Gasteiger partial charge is 0.280 e. The van der Waals surface area contributed by atoms with E-state index in [1.54, 1.807) is 0 Å². The minimum atomic E-state index is -0.779. The number of aliphatic hydroxyl groups is 1. The van der Waals surface area contributed by atoms with E-state index in [0.29, 0.717) is 5.69 Å². The number of H-pyrrole nitrogens is 1. The number of hydrogen-bond donors (Lipinski definition) is 3. The molecule has 15 heavy (non-hydrogen) atoms. The number of aliphatic hydroxyl groups excluding tert-OH is 1. The summed E-state index contributed by atoms with van der Waals surface area (Å²) in [5.41, 5.74) is 5.43. The van der Waals surface area contributed by atoms with Crippen LogP contribution in [0.5, 0.6) is 0 Å². The SMILES string of the molecule is C[C@H](O)c1cnc2nc(N)[nH]c(=O)c2n1. The fraction of sp³-hybridized carbons (Fsp3) is 0.250. The molecule has 0 saturated heterocycles. The zero-order chi connectivity index (χ0) is 11.0. The number of hydrogen-bond acceptors (Lipinski definition) is 6. The van der Waals surface area contributed by atoms with Crippen LogP contribution in [-0.4, -0.2) is 25.0 Å². The molecular weight excluding hydrogens is 198 g/mol. The second-order valence-electron chi connectivity index (χ2n) is 3.09. The molecular formula is C8H9N5O2. The molecule has 0 fully saturated rings. The molecule has 2 aromatic heterocycles. The standard InChI is InChI=1S/C8H9N5O2/c1-3(14)4-2-10-6-5(11-4)7(15)13-8(9)12-6/h2-3,14H,1H3,(H3,9,10,12,13,15)/t3-/m0/s1. The van der Waals surface area contributed by atoms with Crippen molar-refractivity contribution in [1.29, 1.82) is 0 Å². The number of nitrogens with two attached hydrogens (primary N) is 1. The predicted molar refractivity (Wildman–Crippen MR) is 53.0 cm³/mol. The van der Waals surface area contributed by atoms with Crippen LogP contribution in [0.3, 0.4) is 0 Å². The summed E-state index contributed by atoms with van der Waals surface area (Å²) in [6, 6.07) is 0. The lowest BCUT2D eigenvalue weighted by molar-refractivity contribution is 0.194. The zero-order valence-corrected chi connectivity index (χ0v) is 7.93. The maximum Gasteiger partial charge on any atom is 0.280 e. The molecule has 0 aliphatic heterocycles. The van der Waals surface area contributed by atoms with Crippen molar-refractivity contribution in [2.45, 2.75) is 13.0 Å². The van der Waals surface area contributed by atoms with E-state index in [-0.39, 0.29) is 17.1 Å². The van der Waals surface area contributed by atoms with Gasteiger partial charge in [0.25, 0.3) is 5.56 Å². The maximum atomic E-state index is 11.4. The molecule has 0 radical (unpaired) electrons. The van der Waals surface area contributed by atoms with Crippen molar-refractivity contribution in [3.05, 3.63) is 22.2 Å². The molecule has 2 rings (SSSR count). The number of aromatic nitrogens is 4. The van der Waals surface area contributed by atoms with Gasteiger partial charge in [0.15, 0.2) is 11.2 Å². The molecule has 1 atom stereocenters. The maximum absolute atomic E-state index is 11.4. The van der Waals surface area contributed by atoms with Crippen molar-refractivity contribution in [2.24, 2.45) is 0 Å². The number of nitrogen functional groups attached to an aromatic ring is 1. The van der Waals surface area contributed by atoms with Gasteiger partial charge in [-0.25, -0.2) is 9.97 Å². The van der Waals surface area contributed by atoms with Gasteiger partial charge in [-0.15, -0.1) is 0 Å². The Hall–Kier alpha value is -2.02. The van der Waals surface area contributed by atoms with Crippen molar-refractivity contribution in [3.8, 4) is 0 Å². The van der Waals surface area contributed by atoms with E-state index in [1.165, 1.54) is 13.1 Å². The molecule has 4 N–H and O–H groups in total. The Morgan fingerprint density at radius 3 is 2.93 bits per heavy atom. The molecule has 0 unspecified atom stereocenters. The van der Waals surface area contributed by atoms with E-state index in [1.807, 2.05) is 0 Å². The van der Waals surface area contributed by atoms with Crippen LogP contribution in [0.15, 0.2) is 11.0 Å². The summed E-state index contributed by atoms with van der Waals surface area (Å²) < 4.78 is 0. The lowest BCUT2D eigenvalue weighted by atomic mass is 10.3. The van der Waals surface area contributed by atoms with Gasteiger partial charge < -0.3 is 10.8 Å². The highest BCUT2D eigenvalue weighted by Gasteiger charge is 2.08. The lowest BCUT2D eigenvalue weighted by Crippen LogP contribution is -2.14. The molecule has 78 valence electrons. The monoisotopic (exact) mass is 207 g/mol. The molecule has 7 nitrogen and oxygen atoms in total. The van der Waals surface area contributed by atoms with Gasteiger partial charge in [0.2, 0.25) is 5.95 Å². The first kappa shape index (κ1) is 9.53. The van der Waals surface area contributed by atoms with E-state index in [0.717, 1.165) is 0 Å². The first-order valence-corrected chi connectivity index (χ1v) is 4.28. The van der Waals surface area contributed by atoms with Crippen LogP contribution in [-0.2, 0) is 0 Å². The van der Waals surface area contributed by atoms with Gasteiger partial charge >= 0.3 is 0 Å². The number of fused-ring (bicyclic) bond motifs is 1. The molecule has 0 aliphatic carbocycles. The Kier molecular flexibility index (Phi) is 2.09. The number of aromatic amines is 1. The molecule has 0 aliphatic rings. The summed E-state index contributed by atoms with van der Waals surface area (Å²) in [4.78, 5) is 25.4. The second-order valence-corrected chi connectivity index (χ2v) is 3.09. The third-order valence-electron chi connectivity index (χ3n) is 1.88. The van der Waals surface area contributed by atoms with Crippen LogP contribution >= 0.6 is 0 Å². The second kappa shape index (κ2) is 3.28. The van der Waals surface area contributed by atoms with Crippen LogP contribution in [0.2, 0.25) is 0 Å². The summed E-state index contributed by atoms with van der Waals surface area (Å²) in [6.07, 6.45) is 0.581. The van der Waals surface area contributed by atoms with Crippen LogP contribution in [0.1, 0.15) is 18.7 Å². The zero-order valence-electron chi connectivity index (χ0n) is 7.93. The molecule has 0 spiro atoms. The largest absolute Gasteiger partial charge is 0.387 e. The van der Waals surface area contributed by atoms with E-state index in [9.17, 15) is 9.90 Å². The van der Waals surface area contributed by atoms with Crippen molar-refractivity contribution >= 4 is 17.1 Å². The summed E-state index contributed by atoms with van der Waals surface area (Å²) in [5.74, 6) is -0.00778. The van der Waals surface area contributed by atoms with Crippen LogP contribution in [0, 0.1) is 0 Å². The number of nitrogens with one attached hydrogen (secondary N) is 1. The average molecular weight is 207 g/mol. The highest BCUT2D eigenvalue weighted by atomic mass is 16.3. The molecule has 2 heterocycles. The van der Waals surface area contributed by atoms with Crippen molar-refractivity contribution < 1.29 is 5.11 Å². The van der Waals surface area contributed by atoms with E-state index in [2.05, 4.69) is 19.9 Å². The first-order chi connectivity index (χ1) is 7.08. The van der Waals surface area contributed by atoms with E-state index >= 15 is 0 Å². The number of nitrogens with zero attached hydrogens (tertiary/aromatic N) is 3. The van der Waals surface area contributed by atoms with Crippen LogP contribution < -0.4 is 11.3 Å². The van der Waals surface area contributed by atoms with Gasteiger partial charge in [-0.1, -0.05) is 0 Å². The summed E-state index contributed by atoms with van der Waals surface area (Å²) in [6.45, 7) is 1.54. The molecule has 0 amide bonds. The Bertz CT molecular complexity index is 562. The highest BCUT2D eigenvalue weighted by molar-refractivity contribution is 5.69. The molecule has 0 saturated carbocycles. The van der Waals surface area contributed by atoms with Crippen molar-refractivity contribution in [3.63, 3.8) is 0 Å². The minimum Gasteiger partial charge on any atom is -0.387 e. The Morgan fingerprint density at radius 2 is 2.27 bits per heavy atom. The highest BCUT2D eigenvalue weighted by Crippen LogP contribution is 2.09. The third kappa shape index (κ3) is 1.64. The third-order valence-corrected chi connectivity index (χ3v) is 1.88. The van der Waals surface area contributed by atoms with E-state index in [4.69, 9.17) is 5.73 Å². The molecule has 0 bridgehead atoms. The van der Waals surface area contributed by atoms with Gasteiger partial charge in [-0.2, -0.15) is 4.98 Å². The summed E-state index contributed by atoms with van der Waals surface area (Å²) in [7, 11) is 0. The average Bonchev–Trinajstić information content (AvgIpc) is 2.16. The van der Waals surface area contributed by atoms with Gasteiger partial charge in [-0.3, -0.25) is 9.78 Å².